The summed E-state index contributed by atoms with van der Waals surface area (Å²) in [5, 5.41) is 1.63. The predicted octanol–water partition coefficient (Wildman–Crippen LogP) is 1.12. The maximum absolute atomic E-state index is 5.46. The van der Waals surface area contributed by atoms with Crippen LogP contribution in [0.5, 0.6) is 0 Å². The molecule has 2 rings (SSSR count). The van der Waals surface area contributed by atoms with E-state index in [0.717, 1.165) is 10.0 Å². The van der Waals surface area contributed by atoms with Gasteiger partial charge in [-0.1, -0.05) is 10.0 Å². The second kappa shape index (κ2) is 9.82. The van der Waals surface area contributed by atoms with Crippen LogP contribution in [-0.4, -0.2) is 0 Å². The maximum Gasteiger partial charge on any atom is 3.00 e. The first kappa shape index (κ1) is 16.7. The van der Waals surface area contributed by atoms with Crippen LogP contribution in [0.25, 0.3) is 0 Å². The molecule has 0 heterocycles. The molecule has 0 atom stereocenters. The normalized spacial score (nSPS) is 7.57. The van der Waals surface area contributed by atoms with E-state index in [2.05, 4.69) is 0 Å². The van der Waals surface area contributed by atoms with Gasteiger partial charge in [0.15, 0.2) is 0 Å². The first-order valence-corrected chi connectivity index (χ1v) is 4.29. The molecule has 2 aromatic rings. The molecule has 73 valence electrons. The summed E-state index contributed by atoms with van der Waals surface area (Å²) < 4.78 is 0. The molecule has 0 aliphatic heterocycles. The van der Waals surface area contributed by atoms with Gasteiger partial charge in [0, 0.05) is 0 Å². The Morgan fingerprint density at radius 1 is 0.643 bits per heavy atom. The van der Waals surface area contributed by atoms with Gasteiger partial charge in [-0.3, -0.25) is 0 Å². The summed E-state index contributed by atoms with van der Waals surface area (Å²) in [5.41, 5.74) is 0. The minimum atomic E-state index is 0. The maximum atomic E-state index is 5.46. The molecule has 0 amide bonds. The van der Waals surface area contributed by atoms with Gasteiger partial charge in [0.05, 0.1) is 0 Å². The topological polar surface area (TPSA) is 0 Å². The third-order valence-corrected chi connectivity index (χ3v) is 1.75. The summed E-state index contributed by atoms with van der Waals surface area (Å²) in [6.07, 6.45) is 0. The van der Waals surface area contributed by atoms with Crippen molar-refractivity contribution >= 4 is 23.2 Å². The summed E-state index contributed by atoms with van der Waals surface area (Å²) in [6, 6.07) is 15.0. The minimum Gasteiger partial charge on any atom is -1.00 e. The van der Waals surface area contributed by atoms with Gasteiger partial charge in [-0.25, -0.2) is 24.3 Å². The van der Waals surface area contributed by atoms with Gasteiger partial charge in [0.2, 0.25) is 0 Å². The summed E-state index contributed by atoms with van der Waals surface area (Å²) in [4.78, 5) is 0. The molecule has 0 saturated carbocycles. The van der Waals surface area contributed by atoms with Crippen LogP contribution in [0, 0.1) is 0 Å². The van der Waals surface area contributed by atoms with E-state index in [9.17, 15) is 0 Å². The Labute approximate surface area is 115 Å². The molecular weight excluding hydrogens is 274 g/mol. The van der Waals surface area contributed by atoms with Crippen molar-refractivity contribution in [1.29, 1.82) is 0 Å². The van der Waals surface area contributed by atoms with Crippen LogP contribution < -0.4 is 12.4 Å². The zero-order valence-corrected chi connectivity index (χ0v) is 11.1. The van der Waals surface area contributed by atoms with Gasteiger partial charge < -0.3 is 12.4 Å². The van der Waals surface area contributed by atoms with Crippen molar-refractivity contribution in [3.63, 3.8) is 0 Å². The zero-order valence-electron chi connectivity index (χ0n) is 7.25. The molecule has 0 saturated heterocycles. The van der Waals surface area contributed by atoms with Crippen LogP contribution in [0.4, 0.5) is 0 Å². The average Bonchev–Trinajstić information content (AvgIpc) is 2.63. The van der Waals surface area contributed by atoms with E-state index in [0.29, 0.717) is 0 Å². The van der Waals surface area contributed by atoms with Gasteiger partial charge in [0.1, 0.15) is 0 Å². The van der Waals surface area contributed by atoms with Gasteiger partial charge in [-0.15, -0.1) is 0 Å². The molecule has 0 aliphatic rings. The van der Waals surface area contributed by atoms with Crippen molar-refractivity contribution in [2.75, 3.05) is 0 Å². The summed E-state index contributed by atoms with van der Waals surface area (Å²) in [7, 11) is 0. The number of halogens is 3. The van der Waals surface area contributed by atoms with Crippen molar-refractivity contribution in [3.05, 3.63) is 58.6 Å². The largest absolute Gasteiger partial charge is 3.00 e. The van der Waals surface area contributed by atoms with Gasteiger partial charge in [-0.05, 0) is 0 Å². The van der Waals surface area contributed by atoms with Crippen LogP contribution in [-0.2, 0) is 21.7 Å². The minimum absolute atomic E-state index is 0. The van der Waals surface area contributed by atoms with Crippen molar-refractivity contribution in [2.45, 2.75) is 0 Å². The van der Waals surface area contributed by atoms with Crippen LogP contribution in [0.15, 0.2) is 48.5 Å². The van der Waals surface area contributed by atoms with Gasteiger partial charge in [-0.2, -0.15) is 47.5 Å². The van der Waals surface area contributed by atoms with E-state index in [1.807, 2.05) is 48.5 Å². The molecular formula is C10H8Cl3Ti. The van der Waals surface area contributed by atoms with E-state index in [1.165, 1.54) is 0 Å². The Morgan fingerprint density at radius 3 is 0.929 bits per heavy atom. The van der Waals surface area contributed by atoms with Crippen LogP contribution >= 0.6 is 23.2 Å². The molecule has 0 bridgehead atoms. The molecule has 0 aliphatic carbocycles. The predicted molar refractivity (Wildman–Crippen MR) is 54.1 cm³/mol. The summed E-state index contributed by atoms with van der Waals surface area (Å²) in [5.74, 6) is 0. The molecule has 0 fully saturated rings. The van der Waals surface area contributed by atoms with Gasteiger partial charge >= 0.3 is 21.7 Å². The fraction of sp³-hybridized carbons (Fsp3) is 0. The van der Waals surface area contributed by atoms with Crippen molar-refractivity contribution in [3.8, 4) is 0 Å². The zero-order chi connectivity index (χ0) is 8.81. The Morgan fingerprint density at radius 2 is 0.857 bits per heavy atom. The molecule has 0 spiro atoms. The molecule has 0 aromatic heterocycles. The second-order valence-electron chi connectivity index (χ2n) is 2.21. The number of rotatable bonds is 0. The Bertz CT molecular complexity index is 255. The summed E-state index contributed by atoms with van der Waals surface area (Å²) >= 11 is 10.9. The molecule has 0 nitrogen and oxygen atoms in total. The van der Waals surface area contributed by atoms with Gasteiger partial charge in [0.25, 0.3) is 0 Å². The average molecular weight is 282 g/mol. The fourth-order valence-corrected chi connectivity index (χ4v) is 0.992. The first-order valence-electron chi connectivity index (χ1n) is 3.53. The molecule has 14 heavy (non-hydrogen) atoms. The number of hydrogen-bond donors (Lipinski definition) is 0. The monoisotopic (exact) mass is 281 g/mol. The first-order chi connectivity index (χ1) is 5.79. The third kappa shape index (κ3) is 7.67. The van der Waals surface area contributed by atoms with E-state index in [4.69, 9.17) is 23.2 Å². The SMILES string of the molecule is Cl[c-]1cccc1.Cl[c-]1cccc1.[Cl-].[Ti+3]. The number of hydrogen-bond acceptors (Lipinski definition) is 0. The van der Waals surface area contributed by atoms with E-state index >= 15 is 0 Å². The Hall–Kier alpha value is 0.284. The van der Waals surface area contributed by atoms with E-state index in [-0.39, 0.29) is 34.1 Å². The van der Waals surface area contributed by atoms with Crippen LogP contribution in [0.1, 0.15) is 0 Å². The Balaban J connectivity index is 0. The van der Waals surface area contributed by atoms with E-state index < -0.39 is 0 Å². The van der Waals surface area contributed by atoms with Crippen LogP contribution in [0.2, 0.25) is 10.0 Å². The molecule has 4 heteroatoms. The standard InChI is InChI=1S/2C5H4Cl.ClH.Ti/c2*6-5-3-1-2-4-5;;/h2*1-4H;1H;/q2*-1;;+3/p-1. The summed E-state index contributed by atoms with van der Waals surface area (Å²) in [6.45, 7) is 0. The van der Waals surface area contributed by atoms with Crippen molar-refractivity contribution in [2.24, 2.45) is 0 Å². The quantitative estimate of drug-likeness (QED) is 0.502. The molecule has 0 N–H and O–H groups in total. The second-order valence-corrected chi connectivity index (χ2v) is 3.08. The molecule has 0 unspecified atom stereocenters. The fourth-order valence-electron chi connectivity index (χ4n) is 0.701. The smallest absolute Gasteiger partial charge is 1.00 e. The molecule has 2 aromatic carbocycles. The van der Waals surface area contributed by atoms with Crippen molar-refractivity contribution in [1.82, 2.24) is 0 Å². The molecule has 1 radical (unpaired) electrons. The van der Waals surface area contributed by atoms with Crippen molar-refractivity contribution < 1.29 is 34.1 Å². The third-order valence-electron chi connectivity index (χ3n) is 1.24. The Kier molecular flexibility index (Phi) is 11.7. The van der Waals surface area contributed by atoms with Crippen LogP contribution in [0.3, 0.4) is 0 Å². The van der Waals surface area contributed by atoms with E-state index in [1.54, 1.807) is 0 Å².